The van der Waals surface area contributed by atoms with Crippen LogP contribution in [-0.4, -0.2) is 28.4 Å². The molecule has 144 valence electrons. The number of nitrogens with zero attached hydrogens (tertiary/aromatic N) is 3. The molecular weight excluding hydrogens is 392 g/mol. The highest BCUT2D eigenvalue weighted by atomic mass is 32.2. The fourth-order valence-corrected chi connectivity index (χ4v) is 4.56. The SMILES string of the molecule is O=c1c2ccc(S(=O)(=O)c3ccc4occc4c3)cc2cnn1Cc1cc[nH]n1. The van der Waals surface area contributed by atoms with Crippen molar-refractivity contribution < 1.29 is 12.8 Å². The molecule has 1 N–H and O–H groups in total. The van der Waals surface area contributed by atoms with Gasteiger partial charge in [0.15, 0.2) is 0 Å². The van der Waals surface area contributed by atoms with Crippen molar-refractivity contribution in [2.75, 3.05) is 0 Å². The molecule has 9 heteroatoms. The summed E-state index contributed by atoms with van der Waals surface area (Å²) in [6.45, 7) is 0.225. The van der Waals surface area contributed by atoms with Crippen molar-refractivity contribution in [3.63, 3.8) is 0 Å². The number of benzene rings is 2. The van der Waals surface area contributed by atoms with E-state index in [2.05, 4.69) is 15.3 Å². The van der Waals surface area contributed by atoms with Crippen molar-refractivity contribution in [3.8, 4) is 0 Å². The van der Waals surface area contributed by atoms with Gasteiger partial charge in [-0.2, -0.15) is 10.2 Å². The van der Waals surface area contributed by atoms with E-state index in [0.29, 0.717) is 27.4 Å². The number of rotatable bonds is 4. The highest BCUT2D eigenvalue weighted by Crippen LogP contribution is 2.26. The third-order valence-electron chi connectivity index (χ3n) is 4.74. The van der Waals surface area contributed by atoms with E-state index in [9.17, 15) is 13.2 Å². The molecule has 0 bridgehead atoms. The van der Waals surface area contributed by atoms with E-state index in [0.717, 1.165) is 0 Å². The Morgan fingerprint density at radius 1 is 1.00 bits per heavy atom. The van der Waals surface area contributed by atoms with Crippen LogP contribution in [0.15, 0.2) is 86.2 Å². The minimum atomic E-state index is -3.76. The minimum Gasteiger partial charge on any atom is -0.464 e. The van der Waals surface area contributed by atoms with Crippen LogP contribution in [0.3, 0.4) is 0 Å². The normalized spacial score (nSPS) is 12.0. The lowest BCUT2D eigenvalue weighted by molar-refractivity contribution is 0.596. The van der Waals surface area contributed by atoms with E-state index in [1.54, 1.807) is 30.5 Å². The molecule has 2 aromatic carbocycles. The molecule has 0 unspecified atom stereocenters. The summed E-state index contributed by atoms with van der Waals surface area (Å²) in [6.07, 6.45) is 4.66. The zero-order valence-corrected chi connectivity index (χ0v) is 15.8. The monoisotopic (exact) mass is 406 g/mol. The predicted octanol–water partition coefficient (Wildman–Crippen LogP) is 2.75. The molecule has 5 rings (SSSR count). The summed E-state index contributed by atoms with van der Waals surface area (Å²) in [5.74, 6) is 0. The van der Waals surface area contributed by atoms with Gasteiger partial charge < -0.3 is 4.42 Å². The number of aromatic nitrogens is 4. The van der Waals surface area contributed by atoms with E-state index in [1.807, 2.05) is 0 Å². The Bertz CT molecular complexity index is 1520. The van der Waals surface area contributed by atoms with Gasteiger partial charge in [0, 0.05) is 17.0 Å². The van der Waals surface area contributed by atoms with Crippen molar-refractivity contribution in [1.82, 2.24) is 20.0 Å². The Labute approximate surface area is 164 Å². The maximum absolute atomic E-state index is 13.1. The highest BCUT2D eigenvalue weighted by Gasteiger charge is 2.19. The standard InChI is InChI=1S/C20H14N4O4S/c25-20-18-3-1-16(10-14(18)11-22-24(20)12-15-5-7-21-23-15)29(26,27)17-2-4-19-13(9-17)6-8-28-19/h1-11H,12H2,(H,21,23). The van der Waals surface area contributed by atoms with Crippen LogP contribution in [0, 0.1) is 0 Å². The maximum atomic E-state index is 13.1. The molecule has 0 aliphatic rings. The Morgan fingerprint density at radius 3 is 2.59 bits per heavy atom. The first-order valence-electron chi connectivity index (χ1n) is 8.73. The molecule has 0 aliphatic heterocycles. The Kier molecular flexibility index (Phi) is 3.85. The van der Waals surface area contributed by atoms with Gasteiger partial charge in [0.05, 0.1) is 39.9 Å². The first kappa shape index (κ1) is 17.4. The molecule has 8 nitrogen and oxygen atoms in total. The van der Waals surface area contributed by atoms with Crippen molar-refractivity contribution in [2.24, 2.45) is 0 Å². The smallest absolute Gasteiger partial charge is 0.274 e. The van der Waals surface area contributed by atoms with Gasteiger partial charge in [0.2, 0.25) is 9.84 Å². The molecule has 0 spiro atoms. The minimum absolute atomic E-state index is 0.0964. The molecule has 5 aromatic rings. The summed E-state index contributed by atoms with van der Waals surface area (Å²) in [7, 11) is -3.76. The number of hydrogen-bond donors (Lipinski definition) is 1. The second-order valence-electron chi connectivity index (χ2n) is 6.55. The molecule has 0 radical (unpaired) electrons. The van der Waals surface area contributed by atoms with E-state index >= 15 is 0 Å². The summed E-state index contributed by atoms with van der Waals surface area (Å²) in [5.41, 5.74) is 0.978. The fraction of sp³-hybridized carbons (Fsp3) is 0.0500. The Hall–Kier alpha value is -3.72. The lowest BCUT2D eigenvalue weighted by atomic mass is 10.2. The number of fused-ring (bicyclic) bond motifs is 2. The number of aromatic amines is 1. The predicted molar refractivity (Wildman–Crippen MR) is 105 cm³/mol. The van der Waals surface area contributed by atoms with Crippen LogP contribution >= 0.6 is 0 Å². The third kappa shape index (κ3) is 2.92. The summed E-state index contributed by atoms with van der Waals surface area (Å²) < 4.78 is 32.7. The van der Waals surface area contributed by atoms with Gasteiger partial charge in [-0.1, -0.05) is 0 Å². The summed E-state index contributed by atoms with van der Waals surface area (Å²) >= 11 is 0. The molecule has 0 amide bonds. The van der Waals surface area contributed by atoms with Crippen LogP contribution in [-0.2, 0) is 16.4 Å². The van der Waals surface area contributed by atoms with Gasteiger partial charge in [0.25, 0.3) is 5.56 Å². The Morgan fingerprint density at radius 2 is 1.79 bits per heavy atom. The average molecular weight is 406 g/mol. The van der Waals surface area contributed by atoms with E-state index < -0.39 is 9.84 Å². The molecule has 0 saturated carbocycles. The summed E-state index contributed by atoms with van der Waals surface area (Å²) in [4.78, 5) is 13.0. The van der Waals surface area contributed by atoms with Crippen LogP contribution in [0.4, 0.5) is 0 Å². The molecule has 3 aromatic heterocycles. The molecule has 0 aliphatic carbocycles. The topological polar surface area (TPSA) is 111 Å². The van der Waals surface area contributed by atoms with Crippen molar-refractivity contribution in [3.05, 3.63) is 83.2 Å². The molecule has 0 saturated heterocycles. The number of nitrogens with one attached hydrogen (secondary N) is 1. The van der Waals surface area contributed by atoms with Crippen molar-refractivity contribution in [2.45, 2.75) is 16.3 Å². The van der Waals surface area contributed by atoms with Gasteiger partial charge in [-0.05, 0) is 48.5 Å². The molecule has 29 heavy (non-hydrogen) atoms. The van der Waals surface area contributed by atoms with Crippen LogP contribution in [0.5, 0.6) is 0 Å². The van der Waals surface area contributed by atoms with Crippen LogP contribution in [0.1, 0.15) is 5.69 Å². The number of sulfone groups is 1. The zero-order chi connectivity index (χ0) is 20.0. The van der Waals surface area contributed by atoms with E-state index in [4.69, 9.17) is 4.42 Å². The highest BCUT2D eigenvalue weighted by molar-refractivity contribution is 7.91. The fourth-order valence-electron chi connectivity index (χ4n) is 3.23. The lowest BCUT2D eigenvalue weighted by Crippen LogP contribution is -2.23. The second-order valence-corrected chi connectivity index (χ2v) is 8.50. The first-order chi connectivity index (χ1) is 14.0. The van der Waals surface area contributed by atoms with Crippen LogP contribution in [0.25, 0.3) is 21.7 Å². The second kappa shape index (κ2) is 6.42. The Balaban J connectivity index is 1.58. The third-order valence-corrected chi connectivity index (χ3v) is 6.49. The number of hydrogen-bond acceptors (Lipinski definition) is 6. The van der Waals surface area contributed by atoms with Crippen molar-refractivity contribution in [1.29, 1.82) is 0 Å². The summed E-state index contributed by atoms with van der Waals surface area (Å²) in [6, 6.07) is 12.6. The average Bonchev–Trinajstić information content (AvgIpc) is 3.41. The number of furan rings is 1. The molecule has 3 heterocycles. The van der Waals surface area contributed by atoms with E-state index in [-0.39, 0.29) is 21.9 Å². The summed E-state index contributed by atoms with van der Waals surface area (Å²) in [5, 5.41) is 12.4. The maximum Gasteiger partial charge on any atom is 0.274 e. The van der Waals surface area contributed by atoms with Gasteiger partial charge in [-0.15, -0.1) is 0 Å². The van der Waals surface area contributed by atoms with Crippen LogP contribution < -0.4 is 5.56 Å². The largest absolute Gasteiger partial charge is 0.464 e. The number of H-pyrrole nitrogens is 1. The molecule has 0 atom stereocenters. The molecule has 0 fully saturated rings. The van der Waals surface area contributed by atoms with Gasteiger partial charge >= 0.3 is 0 Å². The first-order valence-corrected chi connectivity index (χ1v) is 10.2. The van der Waals surface area contributed by atoms with Gasteiger partial charge in [-0.25, -0.2) is 13.1 Å². The quantitative estimate of drug-likeness (QED) is 0.491. The van der Waals surface area contributed by atoms with Crippen LogP contribution in [0.2, 0.25) is 0 Å². The lowest BCUT2D eigenvalue weighted by Gasteiger charge is -2.08. The van der Waals surface area contributed by atoms with Gasteiger partial charge in [-0.3, -0.25) is 9.89 Å². The van der Waals surface area contributed by atoms with E-state index in [1.165, 1.54) is 41.4 Å². The zero-order valence-electron chi connectivity index (χ0n) is 14.9. The van der Waals surface area contributed by atoms with Gasteiger partial charge in [0.1, 0.15) is 5.58 Å². The molecular formula is C20H14N4O4S. The van der Waals surface area contributed by atoms with Crippen molar-refractivity contribution >= 4 is 31.6 Å².